The summed E-state index contributed by atoms with van der Waals surface area (Å²) in [6.45, 7) is 2.71. The highest BCUT2D eigenvalue weighted by Gasteiger charge is 1.95. The average molecular weight is 144 g/mol. The van der Waals surface area contributed by atoms with E-state index in [0.29, 0.717) is 13.2 Å². The predicted molar refractivity (Wildman–Crippen MR) is 36.0 cm³/mol. The van der Waals surface area contributed by atoms with Gasteiger partial charge in [-0.15, -0.1) is 0 Å². The number of nitrogens with one attached hydrogen (secondary N) is 1. The van der Waals surface area contributed by atoms with Gasteiger partial charge >= 0.3 is 0 Å². The summed E-state index contributed by atoms with van der Waals surface area (Å²) >= 11 is 0. The zero-order chi connectivity index (χ0) is 7.82. The molecule has 0 saturated carbocycles. The van der Waals surface area contributed by atoms with E-state index >= 15 is 0 Å². The molecule has 0 amide bonds. The van der Waals surface area contributed by atoms with Crippen LogP contribution in [0.1, 0.15) is 6.92 Å². The smallest absolute Gasteiger partial charge is 0.116 e. The fraction of sp³-hybridized carbons (Fsp3) is 0.833. The molecule has 0 aliphatic rings. The molecular formula is C6H12N2O2. The molecule has 0 spiro atoms. The van der Waals surface area contributed by atoms with Gasteiger partial charge in [-0.2, -0.15) is 10.7 Å². The molecule has 0 aliphatic heterocycles. The van der Waals surface area contributed by atoms with Gasteiger partial charge in [-0.1, -0.05) is 0 Å². The van der Waals surface area contributed by atoms with E-state index in [9.17, 15) is 0 Å². The minimum absolute atomic E-state index is 0.267. The maximum Gasteiger partial charge on any atom is 0.116 e. The van der Waals surface area contributed by atoms with Gasteiger partial charge in [0.1, 0.15) is 6.04 Å². The third-order valence-electron chi connectivity index (χ3n) is 0.843. The number of nitrogens with zero attached hydrogens (tertiary/aromatic N) is 1. The molecule has 58 valence electrons. The van der Waals surface area contributed by atoms with Crippen LogP contribution in [0.15, 0.2) is 0 Å². The molecule has 0 saturated heterocycles. The van der Waals surface area contributed by atoms with Crippen LogP contribution in [0, 0.1) is 11.3 Å². The van der Waals surface area contributed by atoms with Crippen molar-refractivity contribution in [3.05, 3.63) is 0 Å². The number of ether oxygens (including phenoxy) is 1. The highest BCUT2D eigenvalue weighted by molar-refractivity contribution is 4.82. The molecule has 0 aromatic carbocycles. The standard InChI is InChI=1S/C6H12N2O2/c1-6(5-7)8-10-4-3-9-2/h6,8H,3-4H2,1-2H3. The lowest BCUT2D eigenvalue weighted by Gasteiger charge is -2.04. The molecule has 0 heterocycles. The zero-order valence-electron chi connectivity index (χ0n) is 6.26. The van der Waals surface area contributed by atoms with Crippen molar-refractivity contribution in [3.63, 3.8) is 0 Å². The third kappa shape index (κ3) is 5.51. The maximum atomic E-state index is 8.27. The lowest BCUT2D eigenvalue weighted by molar-refractivity contribution is -0.000334. The molecule has 0 fully saturated rings. The van der Waals surface area contributed by atoms with E-state index in [1.807, 2.05) is 6.07 Å². The predicted octanol–water partition coefficient (Wildman–Crippen LogP) is 0.0661. The highest BCUT2D eigenvalue weighted by atomic mass is 16.7. The number of hydroxylamine groups is 1. The van der Waals surface area contributed by atoms with Crippen molar-refractivity contribution in [3.8, 4) is 6.07 Å². The van der Waals surface area contributed by atoms with Gasteiger partial charge in [-0.25, -0.2) is 0 Å². The van der Waals surface area contributed by atoms with Crippen LogP contribution < -0.4 is 5.48 Å². The number of nitriles is 1. The molecule has 4 heteroatoms. The molecule has 10 heavy (non-hydrogen) atoms. The summed E-state index contributed by atoms with van der Waals surface area (Å²) in [6.07, 6.45) is 0. The Morgan fingerprint density at radius 3 is 2.80 bits per heavy atom. The second-order valence-corrected chi connectivity index (χ2v) is 1.81. The SMILES string of the molecule is COCCONC(C)C#N. The summed E-state index contributed by atoms with van der Waals surface area (Å²) in [7, 11) is 1.59. The van der Waals surface area contributed by atoms with Gasteiger partial charge < -0.3 is 4.74 Å². The van der Waals surface area contributed by atoms with Crippen LogP contribution in [0.3, 0.4) is 0 Å². The second-order valence-electron chi connectivity index (χ2n) is 1.81. The minimum atomic E-state index is -0.267. The Morgan fingerprint density at radius 1 is 1.60 bits per heavy atom. The van der Waals surface area contributed by atoms with Gasteiger partial charge in [-0.3, -0.25) is 4.84 Å². The minimum Gasteiger partial charge on any atom is -0.382 e. The van der Waals surface area contributed by atoms with E-state index in [1.54, 1.807) is 14.0 Å². The molecule has 0 aliphatic carbocycles. The van der Waals surface area contributed by atoms with Gasteiger partial charge in [0.05, 0.1) is 19.3 Å². The maximum absolute atomic E-state index is 8.27. The Hall–Kier alpha value is -0.630. The molecular weight excluding hydrogens is 132 g/mol. The van der Waals surface area contributed by atoms with E-state index in [0.717, 1.165) is 0 Å². The lowest BCUT2D eigenvalue weighted by Crippen LogP contribution is -2.26. The molecule has 1 atom stereocenters. The molecule has 0 radical (unpaired) electrons. The second kappa shape index (κ2) is 6.49. The first kappa shape index (κ1) is 9.37. The number of hydrogen-bond donors (Lipinski definition) is 1. The molecule has 0 rings (SSSR count). The Labute approximate surface area is 60.7 Å². The average Bonchev–Trinajstić information content (AvgIpc) is 1.98. The van der Waals surface area contributed by atoms with Crippen LogP contribution in [-0.4, -0.2) is 26.4 Å². The zero-order valence-corrected chi connectivity index (χ0v) is 6.26. The van der Waals surface area contributed by atoms with E-state index in [2.05, 4.69) is 5.48 Å². The van der Waals surface area contributed by atoms with Crippen molar-refractivity contribution in [2.75, 3.05) is 20.3 Å². The Kier molecular flexibility index (Phi) is 6.08. The van der Waals surface area contributed by atoms with E-state index < -0.39 is 0 Å². The van der Waals surface area contributed by atoms with Crippen LogP contribution in [0.25, 0.3) is 0 Å². The van der Waals surface area contributed by atoms with E-state index in [-0.39, 0.29) is 6.04 Å². The molecule has 1 unspecified atom stereocenters. The summed E-state index contributed by atoms with van der Waals surface area (Å²) in [5, 5.41) is 8.27. The third-order valence-corrected chi connectivity index (χ3v) is 0.843. The lowest BCUT2D eigenvalue weighted by atomic mass is 10.4. The largest absolute Gasteiger partial charge is 0.382 e. The molecule has 1 N–H and O–H groups in total. The van der Waals surface area contributed by atoms with Crippen LogP contribution in [0.4, 0.5) is 0 Å². The summed E-state index contributed by atoms with van der Waals surface area (Å²) in [6, 6.07) is 1.70. The Bertz CT molecular complexity index is 111. The van der Waals surface area contributed by atoms with Crippen molar-refractivity contribution in [2.24, 2.45) is 0 Å². The normalized spacial score (nSPS) is 12.5. The van der Waals surface area contributed by atoms with Crippen LogP contribution in [0.5, 0.6) is 0 Å². The monoisotopic (exact) mass is 144 g/mol. The van der Waals surface area contributed by atoms with Crippen molar-refractivity contribution in [1.82, 2.24) is 5.48 Å². The fourth-order valence-electron chi connectivity index (χ4n) is 0.335. The van der Waals surface area contributed by atoms with Gasteiger partial charge in [-0.05, 0) is 6.92 Å². The van der Waals surface area contributed by atoms with E-state index in [4.69, 9.17) is 14.8 Å². The van der Waals surface area contributed by atoms with Crippen molar-refractivity contribution >= 4 is 0 Å². The number of rotatable bonds is 5. The first-order chi connectivity index (χ1) is 4.81. The highest BCUT2D eigenvalue weighted by Crippen LogP contribution is 1.77. The Balaban J connectivity index is 2.98. The molecule has 0 bridgehead atoms. The molecule has 0 aromatic rings. The van der Waals surface area contributed by atoms with Gasteiger partial charge in [0.25, 0.3) is 0 Å². The van der Waals surface area contributed by atoms with Gasteiger partial charge in [0, 0.05) is 7.11 Å². The number of methoxy groups -OCH3 is 1. The van der Waals surface area contributed by atoms with Crippen molar-refractivity contribution < 1.29 is 9.57 Å². The topological polar surface area (TPSA) is 54.3 Å². The summed E-state index contributed by atoms with van der Waals surface area (Å²) < 4.78 is 4.71. The first-order valence-electron chi connectivity index (χ1n) is 3.07. The van der Waals surface area contributed by atoms with E-state index in [1.165, 1.54) is 0 Å². The van der Waals surface area contributed by atoms with Crippen LogP contribution in [0.2, 0.25) is 0 Å². The van der Waals surface area contributed by atoms with Crippen LogP contribution in [-0.2, 0) is 9.57 Å². The molecule has 4 nitrogen and oxygen atoms in total. The quantitative estimate of drug-likeness (QED) is 0.438. The van der Waals surface area contributed by atoms with Crippen LogP contribution >= 0.6 is 0 Å². The molecule has 0 aromatic heterocycles. The first-order valence-corrected chi connectivity index (χ1v) is 3.07. The summed E-state index contributed by atoms with van der Waals surface area (Å²) in [4.78, 5) is 4.83. The van der Waals surface area contributed by atoms with Gasteiger partial charge in [0.15, 0.2) is 0 Å². The van der Waals surface area contributed by atoms with Crippen molar-refractivity contribution in [1.29, 1.82) is 5.26 Å². The number of hydrogen-bond acceptors (Lipinski definition) is 4. The summed E-state index contributed by atoms with van der Waals surface area (Å²) in [5.74, 6) is 0. The van der Waals surface area contributed by atoms with Crippen molar-refractivity contribution in [2.45, 2.75) is 13.0 Å². The summed E-state index contributed by atoms with van der Waals surface area (Å²) in [5.41, 5.74) is 2.53. The fourth-order valence-corrected chi connectivity index (χ4v) is 0.335. The van der Waals surface area contributed by atoms with Gasteiger partial charge in [0.2, 0.25) is 0 Å². The Morgan fingerprint density at radius 2 is 2.30 bits per heavy atom.